The summed E-state index contributed by atoms with van der Waals surface area (Å²) in [6.07, 6.45) is 0. The van der Waals surface area contributed by atoms with Crippen molar-refractivity contribution in [2.75, 3.05) is 4.72 Å². The van der Waals surface area contributed by atoms with Crippen LogP contribution in [0.3, 0.4) is 0 Å². The Morgan fingerprint density at radius 3 is 2.35 bits per heavy atom. The molecular weight excluding hydrogens is 316 g/mol. The largest absolute Gasteiger partial charge is 0.283 e. The van der Waals surface area contributed by atoms with Crippen LogP contribution in [0.1, 0.15) is 30.9 Å². The average Bonchev–Trinajstić information content (AvgIpc) is 2.47. The molecule has 0 heterocycles. The van der Waals surface area contributed by atoms with Crippen LogP contribution < -0.4 is 4.72 Å². The Morgan fingerprint density at radius 1 is 1.13 bits per heavy atom. The molecular formula is C16H18N2O4S. The van der Waals surface area contributed by atoms with Crippen LogP contribution in [0, 0.1) is 10.1 Å². The topological polar surface area (TPSA) is 89.3 Å². The Morgan fingerprint density at radius 2 is 1.78 bits per heavy atom. The van der Waals surface area contributed by atoms with Gasteiger partial charge in [0.15, 0.2) is 0 Å². The fraction of sp³-hybridized carbons (Fsp3) is 0.250. The summed E-state index contributed by atoms with van der Waals surface area (Å²) in [6, 6.07) is 12.8. The molecule has 0 aliphatic carbocycles. The normalized spacial score (nSPS) is 11.4. The van der Waals surface area contributed by atoms with Gasteiger partial charge in [-0.15, -0.1) is 0 Å². The molecule has 0 unspecified atom stereocenters. The Bertz CT molecular complexity index is 799. The van der Waals surface area contributed by atoms with Crippen LogP contribution >= 0.6 is 0 Å². The van der Waals surface area contributed by atoms with Crippen molar-refractivity contribution in [2.24, 2.45) is 0 Å². The Kier molecular flexibility index (Phi) is 5.00. The van der Waals surface area contributed by atoms with Crippen molar-refractivity contribution in [1.82, 2.24) is 0 Å². The monoisotopic (exact) mass is 334 g/mol. The molecule has 0 aliphatic heterocycles. The van der Waals surface area contributed by atoms with E-state index in [-0.39, 0.29) is 11.4 Å². The van der Waals surface area contributed by atoms with Gasteiger partial charge in [0.2, 0.25) is 10.0 Å². The van der Waals surface area contributed by atoms with Gasteiger partial charge < -0.3 is 0 Å². The van der Waals surface area contributed by atoms with Crippen molar-refractivity contribution in [2.45, 2.75) is 25.5 Å². The van der Waals surface area contributed by atoms with E-state index in [1.165, 1.54) is 18.2 Å². The third-order valence-corrected chi connectivity index (χ3v) is 4.59. The Labute approximate surface area is 135 Å². The number of hydrogen-bond donors (Lipinski definition) is 1. The van der Waals surface area contributed by atoms with Crippen LogP contribution in [0.4, 0.5) is 11.4 Å². The SMILES string of the molecule is CC(C)c1ccc(NS(=O)(=O)Cc2cccc([N+](=O)[O-])c2)cc1. The van der Waals surface area contributed by atoms with E-state index in [4.69, 9.17) is 0 Å². The first kappa shape index (κ1) is 17.0. The number of rotatable bonds is 6. The van der Waals surface area contributed by atoms with Crippen molar-refractivity contribution in [3.63, 3.8) is 0 Å². The van der Waals surface area contributed by atoms with E-state index in [2.05, 4.69) is 18.6 Å². The number of nitrogens with zero attached hydrogens (tertiary/aromatic N) is 1. The highest BCUT2D eigenvalue weighted by atomic mass is 32.2. The number of sulfonamides is 1. The maximum absolute atomic E-state index is 12.2. The number of anilines is 1. The second-order valence-corrected chi connectivity index (χ2v) is 7.29. The minimum atomic E-state index is -3.64. The molecule has 7 heteroatoms. The van der Waals surface area contributed by atoms with Gasteiger partial charge in [0.1, 0.15) is 0 Å². The lowest BCUT2D eigenvalue weighted by Crippen LogP contribution is -2.15. The van der Waals surface area contributed by atoms with Gasteiger partial charge >= 0.3 is 0 Å². The van der Waals surface area contributed by atoms with Gasteiger partial charge in [0, 0.05) is 17.8 Å². The summed E-state index contributed by atoms with van der Waals surface area (Å²) < 4.78 is 26.9. The number of benzene rings is 2. The third-order valence-electron chi connectivity index (χ3n) is 3.33. The standard InChI is InChI=1S/C16H18N2O4S/c1-12(2)14-6-8-15(9-7-14)17-23(21,22)11-13-4-3-5-16(10-13)18(19)20/h3-10,12,17H,11H2,1-2H3. The van der Waals surface area contributed by atoms with Crippen LogP contribution in [0.15, 0.2) is 48.5 Å². The lowest BCUT2D eigenvalue weighted by molar-refractivity contribution is -0.384. The van der Waals surface area contributed by atoms with Gasteiger partial charge in [-0.2, -0.15) is 0 Å². The highest BCUT2D eigenvalue weighted by molar-refractivity contribution is 7.91. The molecule has 0 radical (unpaired) electrons. The number of non-ortho nitro benzene ring substituents is 1. The third kappa shape index (κ3) is 4.79. The Balaban J connectivity index is 2.13. The van der Waals surface area contributed by atoms with Crippen molar-refractivity contribution in [3.8, 4) is 0 Å². The first-order valence-corrected chi connectivity index (χ1v) is 8.76. The van der Waals surface area contributed by atoms with Crippen LogP contribution in [-0.2, 0) is 15.8 Å². The summed E-state index contributed by atoms with van der Waals surface area (Å²) in [4.78, 5) is 10.2. The summed E-state index contributed by atoms with van der Waals surface area (Å²) in [7, 11) is -3.64. The number of nitrogens with one attached hydrogen (secondary N) is 1. The van der Waals surface area contributed by atoms with E-state index in [0.29, 0.717) is 17.2 Å². The number of nitro benzene ring substituents is 1. The van der Waals surface area contributed by atoms with Crippen LogP contribution in [-0.4, -0.2) is 13.3 Å². The molecule has 0 aromatic heterocycles. The molecule has 0 amide bonds. The summed E-state index contributed by atoms with van der Waals surface area (Å²) >= 11 is 0. The molecule has 0 saturated carbocycles. The zero-order valence-corrected chi connectivity index (χ0v) is 13.7. The van der Waals surface area contributed by atoms with Crippen molar-refractivity contribution in [3.05, 3.63) is 69.8 Å². The van der Waals surface area contributed by atoms with E-state index in [1.807, 2.05) is 12.1 Å². The summed E-state index contributed by atoms with van der Waals surface area (Å²) in [6.45, 7) is 4.11. The molecule has 6 nitrogen and oxygen atoms in total. The first-order valence-electron chi connectivity index (χ1n) is 7.10. The second-order valence-electron chi connectivity index (χ2n) is 5.56. The van der Waals surface area contributed by atoms with E-state index >= 15 is 0 Å². The quantitative estimate of drug-likeness (QED) is 0.645. The smallest absolute Gasteiger partial charge is 0.269 e. The van der Waals surface area contributed by atoms with Crippen molar-refractivity contribution >= 4 is 21.4 Å². The number of nitro groups is 1. The molecule has 0 spiro atoms. The average molecular weight is 334 g/mol. The molecule has 1 N–H and O–H groups in total. The molecule has 0 aliphatic rings. The second kappa shape index (κ2) is 6.78. The van der Waals surface area contributed by atoms with Gasteiger partial charge in [0.05, 0.1) is 10.7 Å². The van der Waals surface area contributed by atoms with E-state index in [0.717, 1.165) is 5.56 Å². The van der Waals surface area contributed by atoms with Gasteiger partial charge in [-0.3, -0.25) is 14.8 Å². The maximum Gasteiger partial charge on any atom is 0.269 e. The predicted octanol–water partition coefficient (Wildman–Crippen LogP) is 3.66. The zero-order chi connectivity index (χ0) is 17.0. The molecule has 0 saturated heterocycles. The molecule has 23 heavy (non-hydrogen) atoms. The van der Waals surface area contributed by atoms with Crippen molar-refractivity contribution < 1.29 is 13.3 Å². The van der Waals surface area contributed by atoms with Gasteiger partial charge in [-0.1, -0.05) is 38.1 Å². The fourth-order valence-electron chi connectivity index (χ4n) is 2.13. The van der Waals surface area contributed by atoms with E-state index in [9.17, 15) is 18.5 Å². The molecule has 122 valence electrons. The van der Waals surface area contributed by atoms with Crippen molar-refractivity contribution in [1.29, 1.82) is 0 Å². The summed E-state index contributed by atoms with van der Waals surface area (Å²) in [5.74, 6) is 0.0474. The molecule has 0 bridgehead atoms. The number of hydrogen-bond acceptors (Lipinski definition) is 4. The predicted molar refractivity (Wildman–Crippen MR) is 89.9 cm³/mol. The van der Waals surface area contributed by atoms with E-state index < -0.39 is 14.9 Å². The van der Waals surface area contributed by atoms with Gasteiger partial charge in [-0.25, -0.2) is 8.42 Å². The summed E-state index contributed by atoms with van der Waals surface area (Å²) in [5.41, 5.74) is 1.83. The molecule has 2 aromatic carbocycles. The van der Waals surface area contributed by atoms with Crippen LogP contribution in [0.5, 0.6) is 0 Å². The Hall–Kier alpha value is -2.41. The van der Waals surface area contributed by atoms with Gasteiger partial charge in [0.25, 0.3) is 5.69 Å². The fourth-order valence-corrected chi connectivity index (χ4v) is 3.32. The van der Waals surface area contributed by atoms with E-state index in [1.54, 1.807) is 18.2 Å². The zero-order valence-electron chi connectivity index (χ0n) is 12.9. The lowest BCUT2D eigenvalue weighted by Gasteiger charge is -2.10. The molecule has 0 fully saturated rings. The molecule has 2 aromatic rings. The molecule has 2 rings (SSSR count). The van der Waals surface area contributed by atoms with Crippen LogP contribution in [0.2, 0.25) is 0 Å². The first-order chi connectivity index (χ1) is 10.8. The highest BCUT2D eigenvalue weighted by Crippen LogP contribution is 2.20. The van der Waals surface area contributed by atoms with Crippen LogP contribution in [0.25, 0.3) is 0 Å². The van der Waals surface area contributed by atoms with Gasteiger partial charge in [-0.05, 0) is 29.2 Å². The lowest BCUT2D eigenvalue weighted by atomic mass is 10.0. The molecule has 0 atom stereocenters. The minimum Gasteiger partial charge on any atom is -0.283 e. The highest BCUT2D eigenvalue weighted by Gasteiger charge is 2.14. The summed E-state index contributed by atoms with van der Waals surface area (Å²) in [5, 5.41) is 10.7. The maximum atomic E-state index is 12.2. The minimum absolute atomic E-state index is 0.126.